The zero-order chi connectivity index (χ0) is 13.3. The molecule has 0 unspecified atom stereocenters. The Kier molecular flexibility index (Phi) is 3.88. The van der Waals surface area contributed by atoms with Gasteiger partial charge in [-0.2, -0.15) is 0 Å². The third-order valence-corrected chi connectivity index (χ3v) is 7.66. The van der Waals surface area contributed by atoms with Crippen molar-refractivity contribution in [2.75, 3.05) is 13.2 Å². The lowest BCUT2D eigenvalue weighted by Gasteiger charge is -2.23. The maximum absolute atomic E-state index is 12.7. The summed E-state index contributed by atoms with van der Waals surface area (Å²) in [5.41, 5.74) is 0. The Bertz CT molecular complexity index is 403. The Morgan fingerprint density at radius 1 is 1.22 bits per heavy atom. The largest absolute Gasteiger partial charge is 0.380 e. The van der Waals surface area contributed by atoms with Crippen LogP contribution >= 0.6 is 0 Å². The Labute approximate surface area is 111 Å². The van der Waals surface area contributed by atoms with Crippen LogP contribution in [0.3, 0.4) is 0 Å². The summed E-state index contributed by atoms with van der Waals surface area (Å²) in [6.07, 6.45) is 7.61. The molecule has 3 nitrogen and oxygen atoms in total. The molecule has 0 amide bonds. The molecule has 2 aliphatic rings. The molecule has 2 fully saturated rings. The second-order valence-electron chi connectivity index (χ2n) is 5.77. The molecule has 104 valence electrons. The van der Waals surface area contributed by atoms with Crippen molar-refractivity contribution >= 4 is 9.84 Å². The average Bonchev–Trinajstić information content (AvgIpc) is 3.19. The SMILES string of the molecule is C=CCC1(S(=O)(=O)C2(COCCCC)CC2)CC1. The van der Waals surface area contributed by atoms with E-state index < -0.39 is 19.3 Å². The molecule has 0 aromatic heterocycles. The molecule has 0 atom stereocenters. The monoisotopic (exact) mass is 272 g/mol. The molecule has 0 aromatic carbocycles. The van der Waals surface area contributed by atoms with E-state index in [2.05, 4.69) is 13.5 Å². The van der Waals surface area contributed by atoms with Gasteiger partial charge in [-0.1, -0.05) is 19.4 Å². The zero-order valence-corrected chi connectivity index (χ0v) is 12.1. The van der Waals surface area contributed by atoms with Crippen molar-refractivity contribution in [3.63, 3.8) is 0 Å². The summed E-state index contributed by atoms with van der Waals surface area (Å²) in [4.78, 5) is 0. The van der Waals surface area contributed by atoms with E-state index in [1.807, 2.05) is 0 Å². The number of ether oxygens (including phenoxy) is 1. The second kappa shape index (κ2) is 4.97. The molecule has 0 radical (unpaired) electrons. The van der Waals surface area contributed by atoms with Gasteiger partial charge in [-0.15, -0.1) is 6.58 Å². The first kappa shape index (κ1) is 14.1. The summed E-state index contributed by atoms with van der Waals surface area (Å²) in [6.45, 7) is 6.88. The van der Waals surface area contributed by atoms with E-state index in [4.69, 9.17) is 4.74 Å². The molecular weight excluding hydrogens is 248 g/mol. The van der Waals surface area contributed by atoms with Crippen molar-refractivity contribution in [3.8, 4) is 0 Å². The van der Waals surface area contributed by atoms with Crippen LogP contribution in [-0.4, -0.2) is 31.1 Å². The summed E-state index contributed by atoms with van der Waals surface area (Å²) in [6, 6.07) is 0. The van der Waals surface area contributed by atoms with Crippen molar-refractivity contribution in [2.45, 2.75) is 61.4 Å². The van der Waals surface area contributed by atoms with Crippen LogP contribution in [0, 0.1) is 0 Å². The van der Waals surface area contributed by atoms with Crippen LogP contribution in [0.25, 0.3) is 0 Å². The van der Waals surface area contributed by atoms with Gasteiger partial charge in [-0.25, -0.2) is 8.42 Å². The molecule has 2 aliphatic carbocycles. The van der Waals surface area contributed by atoms with Crippen LogP contribution < -0.4 is 0 Å². The Morgan fingerprint density at radius 2 is 1.83 bits per heavy atom. The van der Waals surface area contributed by atoms with Gasteiger partial charge in [0, 0.05) is 6.61 Å². The van der Waals surface area contributed by atoms with E-state index in [0.29, 0.717) is 19.6 Å². The summed E-state index contributed by atoms with van der Waals surface area (Å²) in [7, 11) is -3.06. The first-order valence-corrected chi connectivity index (χ1v) is 8.45. The highest BCUT2D eigenvalue weighted by molar-refractivity contribution is 7.94. The van der Waals surface area contributed by atoms with Gasteiger partial charge >= 0.3 is 0 Å². The average molecular weight is 272 g/mol. The molecule has 2 rings (SSSR count). The highest BCUT2D eigenvalue weighted by Crippen LogP contribution is 2.58. The summed E-state index contributed by atoms with van der Waals surface area (Å²) >= 11 is 0. The summed E-state index contributed by atoms with van der Waals surface area (Å²) in [5.74, 6) is 0. The van der Waals surface area contributed by atoms with Crippen molar-refractivity contribution in [1.29, 1.82) is 0 Å². The molecular formula is C14H24O3S. The van der Waals surface area contributed by atoms with Gasteiger partial charge < -0.3 is 4.74 Å². The second-order valence-corrected chi connectivity index (χ2v) is 8.51. The van der Waals surface area contributed by atoms with E-state index in [0.717, 1.165) is 38.5 Å². The standard InChI is InChI=1S/C14H24O3S/c1-3-5-11-17-12-14(9-10-14)18(15,16)13(6-4-2)7-8-13/h4H,2-3,5-12H2,1H3. The molecule has 18 heavy (non-hydrogen) atoms. The molecule has 2 saturated carbocycles. The quantitative estimate of drug-likeness (QED) is 0.479. The van der Waals surface area contributed by atoms with Gasteiger partial charge in [0.1, 0.15) is 0 Å². The fourth-order valence-electron chi connectivity index (χ4n) is 2.58. The smallest absolute Gasteiger partial charge is 0.164 e. The molecule has 0 spiro atoms. The number of hydrogen-bond acceptors (Lipinski definition) is 3. The van der Waals surface area contributed by atoms with Gasteiger partial charge in [-0.05, 0) is 38.5 Å². The lowest BCUT2D eigenvalue weighted by Crippen LogP contribution is -2.38. The van der Waals surface area contributed by atoms with Gasteiger partial charge in [0.25, 0.3) is 0 Å². The molecule has 0 bridgehead atoms. The number of unbranched alkanes of at least 4 members (excludes halogenated alkanes) is 1. The van der Waals surface area contributed by atoms with Crippen LogP contribution in [0.15, 0.2) is 12.7 Å². The van der Waals surface area contributed by atoms with Gasteiger partial charge in [0.05, 0.1) is 16.1 Å². The summed E-state index contributed by atoms with van der Waals surface area (Å²) in [5, 5.41) is 0. The Balaban J connectivity index is 1.99. The maximum Gasteiger partial charge on any atom is 0.164 e. The van der Waals surface area contributed by atoms with Gasteiger partial charge in [0.15, 0.2) is 9.84 Å². The van der Waals surface area contributed by atoms with Crippen LogP contribution in [0.2, 0.25) is 0 Å². The molecule has 0 heterocycles. The third kappa shape index (κ3) is 2.25. The van der Waals surface area contributed by atoms with Crippen molar-refractivity contribution < 1.29 is 13.2 Å². The maximum atomic E-state index is 12.7. The number of sulfone groups is 1. The highest BCUT2D eigenvalue weighted by atomic mass is 32.2. The minimum Gasteiger partial charge on any atom is -0.380 e. The Morgan fingerprint density at radius 3 is 2.28 bits per heavy atom. The Hall–Kier alpha value is -0.350. The highest BCUT2D eigenvalue weighted by Gasteiger charge is 2.66. The first-order chi connectivity index (χ1) is 8.54. The normalized spacial score (nSPS) is 23.6. The van der Waals surface area contributed by atoms with Crippen LogP contribution in [0.4, 0.5) is 0 Å². The lowest BCUT2D eigenvalue weighted by molar-refractivity contribution is 0.126. The topological polar surface area (TPSA) is 43.4 Å². The van der Waals surface area contributed by atoms with Crippen molar-refractivity contribution in [1.82, 2.24) is 0 Å². The van der Waals surface area contributed by atoms with Crippen LogP contribution in [0.1, 0.15) is 51.9 Å². The van der Waals surface area contributed by atoms with Crippen LogP contribution in [-0.2, 0) is 14.6 Å². The lowest BCUT2D eigenvalue weighted by atomic mass is 10.3. The number of allylic oxidation sites excluding steroid dienone is 1. The van der Waals surface area contributed by atoms with E-state index in [1.165, 1.54) is 0 Å². The van der Waals surface area contributed by atoms with Crippen molar-refractivity contribution in [2.24, 2.45) is 0 Å². The molecule has 0 N–H and O–H groups in total. The number of hydrogen-bond donors (Lipinski definition) is 0. The minimum atomic E-state index is -3.06. The van der Waals surface area contributed by atoms with Crippen molar-refractivity contribution in [3.05, 3.63) is 12.7 Å². The molecule has 4 heteroatoms. The molecule has 0 aromatic rings. The zero-order valence-electron chi connectivity index (χ0n) is 11.3. The third-order valence-electron chi connectivity index (χ3n) is 4.28. The van der Waals surface area contributed by atoms with E-state index in [1.54, 1.807) is 6.08 Å². The fourth-order valence-corrected chi connectivity index (χ4v) is 5.35. The predicted molar refractivity (Wildman–Crippen MR) is 73.4 cm³/mol. The number of rotatable bonds is 9. The first-order valence-electron chi connectivity index (χ1n) is 6.96. The van der Waals surface area contributed by atoms with E-state index in [9.17, 15) is 8.42 Å². The van der Waals surface area contributed by atoms with Crippen LogP contribution in [0.5, 0.6) is 0 Å². The van der Waals surface area contributed by atoms with Gasteiger partial charge in [-0.3, -0.25) is 0 Å². The van der Waals surface area contributed by atoms with E-state index >= 15 is 0 Å². The molecule has 0 saturated heterocycles. The predicted octanol–water partition coefficient (Wildman–Crippen LogP) is 2.86. The van der Waals surface area contributed by atoms with Gasteiger partial charge in [0.2, 0.25) is 0 Å². The molecule has 0 aliphatic heterocycles. The minimum absolute atomic E-state index is 0.397. The summed E-state index contributed by atoms with van der Waals surface area (Å²) < 4.78 is 30.0. The fraction of sp³-hybridized carbons (Fsp3) is 0.857. The van der Waals surface area contributed by atoms with E-state index in [-0.39, 0.29) is 0 Å².